The van der Waals surface area contributed by atoms with Crippen LogP contribution in [0.1, 0.15) is 63.1 Å². The number of aliphatic imine (C=N–C) groups is 1. The molecule has 214 valence electrons. The first kappa shape index (κ1) is 31.2. The van der Waals surface area contributed by atoms with E-state index in [0.717, 1.165) is 46.0 Å². The summed E-state index contributed by atoms with van der Waals surface area (Å²) < 4.78 is 0. The monoisotopic (exact) mass is 580 g/mol. The zero-order valence-electron chi connectivity index (χ0n) is 24.3. The zero-order chi connectivity index (χ0) is 28.4. The Morgan fingerprint density at radius 1 is 0.950 bits per heavy atom. The highest BCUT2D eigenvalue weighted by Crippen LogP contribution is 2.40. The number of phenols is 1. The van der Waals surface area contributed by atoms with Gasteiger partial charge in [-0.05, 0) is 70.3 Å². The van der Waals surface area contributed by atoms with Crippen molar-refractivity contribution in [1.29, 1.82) is 0 Å². The van der Waals surface area contributed by atoms with Crippen LogP contribution in [0.4, 0.5) is 11.4 Å². The molecule has 0 saturated carbocycles. The van der Waals surface area contributed by atoms with E-state index in [2.05, 4.69) is 63.6 Å². The number of amides is 1. The van der Waals surface area contributed by atoms with Gasteiger partial charge in [0.05, 0.1) is 10.6 Å². The molecule has 2 heterocycles. The Kier molecular flexibility index (Phi) is 9.75. The molecule has 0 unspecified atom stereocenters. The van der Waals surface area contributed by atoms with Crippen LogP contribution in [0.15, 0.2) is 65.0 Å². The molecular weight excluding hydrogens is 540 g/mol. The number of anilines is 1. The summed E-state index contributed by atoms with van der Waals surface area (Å²) in [7, 11) is 0. The first-order chi connectivity index (χ1) is 18.3. The van der Waals surface area contributed by atoms with Crippen LogP contribution >= 0.6 is 23.7 Å². The van der Waals surface area contributed by atoms with Crippen LogP contribution in [0.3, 0.4) is 0 Å². The minimum absolute atomic E-state index is 0. The van der Waals surface area contributed by atoms with Crippen LogP contribution in [0.2, 0.25) is 0 Å². The summed E-state index contributed by atoms with van der Waals surface area (Å²) in [6, 6.07) is 16.0. The first-order valence-electron chi connectivity index (χ1n) is 13.4. The van der Waals surface area contributed by atoms with Gasteiger partial charge in [0.2, 0.25) is 5.91 Å². The fourth-order valence-corrected chi connectivity index (χ4v) is 5.34. The summed E-state index contributed by atoms with van der Waals surface area (Å²) in [5.74, 6) is 0.876. The molecule has 1 aliphatic rings. The van der Waals surface area contributed by atoms with Crippen LogP contribution in [-0.2, 0) is 15.6 Å². The molecule has 2 aromatic carbocycles. The average Bonchev–Trinajstić information content (AvgIpc) is 3.42. The van der Waals surface area contributed by atoms with Crippen molar-refractivity contribution >= 4 is 52.9 Å². The number of hydrogen-bond donors (Lipinski definition) is 2. The number of halogens is 1. The summed E-state index contributed by atoms with van der Waals surface area (Å²) in [5.41, 5.74) is 10.3. The molecule has 1 saturated heterocycles. The van der Waals surface area contributed by atoms with Gasteiger partial charge in [0.1, 0.15) is 11.6 Å². The van der Waals surface area contributed by atoms with Crippen molar-refractivity contribution in [2.75, 3.05) is 31.1 Å². The van der Waals surface area contributed by atoms with Crippen LogP contribution in [0.25, 0.3) is 6.08 Å². The van der Waals surface area contributed by atoms with Crippen LogP contribution < -0.4 is 10.6 Å². The highest BCUT2D eigenvalue weighted by Gasteiger charge is 2.26. The van der Waals surface area contributed by atoms with Gasteiger partial charge < -0.3 is 20.6 Å². The molecule has 0 aliphatic carbocycles. The molecule has 0 spiro atoms. The number of carbonyl (C=O) groups excluding carboxylic acids is 1. The smallest absolute Gasteiger partial charge is 0.246 e. The number of phenolic OH excluding ortho intramolecular Hbond substituents is 1. The summed E-state index contributed by atoms with van der Waals surface area (Å²) in [6.07, 6.45) is 3.53. The summed E-state index contributed by atoms with van der Waals surface area (Å²) >= 11 is 1.57. The third-order valence-electron chi connectivity index (χ3n) is 7.00. The van der Waals surface area contributed by atoms with Crippen molar-refractivity contribution < 1.29 is 9.90 Å². The Bertz CT molecular complexity index is 1320. The Balaban J connectivity index is 0.00000441. The van der Waals surface area contributed by atoms with E-state index in [0.29, 0.717) is 24.7 Å². The molecule has 40 heavy (non-hydrogen) atoms. The zero-order valence-corrected chi connectivity index (χ0v) is 25.9. The van der Waals surface area contributed by atoms with Gasteiger partial charge in [-0.3, -0.25) is 4.79 Å². The lowest BCUT2D eigenvalue weighted by Gasteiger charge is -2.35. The molecule has 1 amide bonds. The van der Waals surface area contributed by atoms with Crippen molar-refractivity contribution in [1.82, 2.24) is 4.90 Å². The van der Waals surface area contributed by atoms with E-state index in [4.69, 9.17) is 5.73 Å². The van der Waals surface area contributed by atoms with Gasteiger partial charge >= 0.3 is 0 Å². The quantitative estimate of drug-likeness (QED) is 0.196. The van der Waals surface area contributed by atoms with Crippen molar-refractivity contribution in [3.63, 3.8) is 0 Å². The second-order valence-corrected chi connectivity index (χ2v) is 13.0. The predicted octanol–water partition coefficient (Wildman–Crippen LogP) is 6.87. The second kappa shape index (κ2) is 12.5. The molecule has 8 heteroatoms. The highest BCUT2D eigenvalue weighted by molar-refractivity contribution is 7.12. The van der Waals surface area contributed by atoms with Gasteiger partial charge in [0.15, 0.2) is 0 Å². The van der Waals surface area contributed by atoms with Crippen molar-refractivity contribution in [3.8, 4) is 5.75 Å². The lowest BCUT2D eigenvalue weighted by molar-refractivity contribution is -0.126. The maximum absolute atomic E-state index is 13.0. The summed E-state index contributed by atoms with van der Waals surface area (Å²) in [5, 5.41) is 12.9. The Morgan fingerprint density at radius 3 is 2.02 bits per heavy atom. The SMILES string of the molecule is CC(C)(C)c1cc(C=CC(=O)N2CCN(c3ccc(N=C(N)c4cccs4)cc3)CC2)cc(C(C)(C)C)c1O.Cl. The molecule has 3 N–H and O–H groups in total. The lowest BCUT2D eigenvalue weighted by Crippen LogP contribution is -2.48. The first-order valence-corrected chi connectivity index (χ1v) is 14.3. The largest absolute Gasteiger partial charge is 0.507 e. The van der Waals surface area contributed by atoms with Gasteiger partial charge in [-0.1, -0.05) is 47.6 Å². The number of amidine groups is 1. The van der Waals surface area contributed by atoms with Crippen LogP contribution in [0, 0.1) is 0 Å². The van der Waals surface area contributed by atoms with Gasteiger partial charge in [0.25, 0.3) is 0 Å². The van der Waals surface area contributed by atoms with E-state index in [1.807, 2.05) is 52.8 Å². The van der Waals surface area contributed by atoms with Crippen molar-refractivity contribution in [2.24, 2.45) is 10.7 Å². The normalized spacial score (nSPS) is 14.9. The number of aromatic hydroxyl groups is 1. The molecule has 1 aromatic heterocycles. The van der Waals surface area contributed by atoms with E-state index in [1.54, 1.807) is 17.4 Å². The fraction of sp³-hybridized carbons (Fsp3) is 0.375. The molecule has 3 aromatic rings. The molecule has 1 aliphatic heterocycles. The molecule has 4 rings (SSSR count). The number of piperazine rings is 1. The number of nitrogens with two attached hydrogens (primary N) is 1. The third kappa shape index (κ3) is 7.46. The van der Waals surface area contributed by atoms with Crippen LogP contribution in [0.5, 0.6) is 5.75 Å². The number of rotatable bonds is 5. The molecular formula is C32H41ClN4O2S. The second-order valence-electron chi connectivity index (χ2n) is 12.1. The number of thiophene rings is 1. The highest BCUT2D eigenvalue weighted by atomic mass is 35.5. The topological polar surface area (TPSA) is 82.2 Å². The summed E-state index contributed by atoms with van der Waals surface area (Å²) in [4.78, 5) is 22.7. The van der Waals surface area contributed by atoms with Gasteiger partial charge in [-0.25, -0.2) is 4.99 Å². The van der Waals surface area contributed by atoms with Gasteiger partial charge in [-0.15, -0.1) is 23.7 Å². The van der Waals surface area contributed by atoms with Crippen molar-refractivity contribution in [3.05, 3.63) is 81.6 Å². The van der Waals surface area contributed by atoms with E-state index in [1.165, 1.54) is 0 Å². The number of hydrogen-bond acceptors (Lipinski definition) is 5. The fourth-order valence-electron chi connectivity index (χ4n) is 4.71. The van der Waals surface area contributed by atoms with Gasteiger partial charge in [-0.2, -0.15) is 0 Å². The molecule has 0 radical (unpaired) electrons. The molecule has 1 fully saturated rings. The average molecular weight is 581 g/mol. The number of benzene rings is 2. The van der Waals surface area contributed by atoms with E-state index in [-0.39, 0.29) is 29.1 Å². The number of nitrogens with zero attached hydrogens (tertiary/aromatic N) is 3. The van der Waals surface area contributed by atoms with E-state index in [9.17, 15) is 9.90 Å². The predicted molar refractivity (Wildman–Crippen MR) is 172 cm³/mol. The standard InChI is InChI=1S/C32H40N4O2S.ClH/c1-31(2,3)25-20-22(21-26(29(25)38)32(4,5)6)9-14-28(37)36-17-15-35(16-18-36)24-12-10-23(11-13-24)34-30(33)27-8-7-19-39-27;/h7-14,19-21,38H,15-18H2,1-6H3,(H2,33,34);1H. The molecule has 0 bridgehead atoms. The Morgan fingerprint density at radius 2 is 1.52 bits per heavy atom. The van der Waals surface area contributed by atoms with Crippen molar-refractivity contribution in [2.45, 2.75) is 52.4 Å². The van der Waals surface area contributed by atoms with E-state index >= 15 is 0 Å². The minimum atomic E-state index is -0.213. The number of carbonyl (C=O) groups is 1. The maximum atomic E-state index is 13.0. The van der Waals surface area contributed by atoms with Crippen LogP contribution in [-0.4, -0.2) is 47.9 Å². The van der Waals surface area contributed by atoms with Gasteiger partial charge in [0, 0.05) is 49.1 Å². The molecule has 0 atom stereocenters. The van der Waals surface area contributed by atoms with E-state index < -0.39 is 0 Å². The molecule has 6 nitrogen and oxygen atoms in total. The summed E-state index contributed by atoms with van der Waals surface area (Å²) in [6.45, 7) is 15.4. The minimum Gasteiger partial charge on any atom is -0.507 e. The third-order valence-corrected chi connectivity index (χ3v) is 7.89. The lowest BCUT2D eigenvalue weighted by atomic mass is 9.78. The Labute approximate surface area is 248 Å². The Hall–Kier alpha value is -3.29. The maximum Gasteiger partial charge on any atom is 0.246 e.